The van der Waals surface area contributed by atoms with Gasteiger partial charge in [0, 0.05) is 26.2 Å². The predicted octanol–water partition coefficient (Wildman–Crippen LogP) is 0.117. The summed E-state index contributed by atoms with van der Waals surface area (Å²) >= 11 is 0. The van der Waals surface area contributed by atoms with Gasteiger partial charge in [0.2, 0.25) is 0 Å². The summed E-state index contributed by atoms with van der Waals surface area (Å²) in [4.78, 5) is 0. The lowest BCUT2D eigenvalue weighted by Gasteiger charge is -2.21. The van der Waals surface area contributed by atoms with Crippen LogP contribution in [0.25, 0.3) is 0 Å². The number of hydrogen-bond donors (Lipinski definition) is 4. The van der Waals surface area contributed by atoms with Crippen molar-refractivity contribution in [2.75, 3.05) is 39.4 Å². The van der Waals surface area contributed by atoms with E-state index in [1.165, 1.54) is 0 Å². The maximum absolute atomic E-state index is 8.74. The molecule has 0 aromatic carbocycles. The fourth-order valence-corrected chi connectivity index (χ4v) is 1.76. The Morgan fingerprint density at radius 1 is 0.952 bits per heavy atom. The van der Waals surface area contributed by atoms with Gasteiger partial charge in [-0.2, -0.15) is 8.42 Å². The van der Waals surface area contributed by atoms with E-state index in [1.807, 2.05) is 0 Å². The predicted molar refractivity (Wildman–Crippen MR) is 80.0 cm³/mol. The molecule has 2 heterocycles. The third-order valence-electron chi connectivity index (χ3n) is 2.92. The van der Waals surface area contributed by atoms with Crippen LogP contribution in [0.15, 0.2) is 0 Å². The lowest BCUT2D eigenvalue weighted by Crippen LogP contribution is -2.37. The first-order valence-corrected chi connectivity index (χ1v) is 8.61. The highest BCUT2D eigenvalue weighted by Gasteiger charge is 2.09. The molecule has 0 aromatic heterocycles. The van der Waals surface area contributed by atoms with E-state index in [0.29, 0.717) is 12.2 Å². The van der Waals surface area contributed by atoms with Gasteiger partial charge in [0.1, 0.15) is 0 Å². The summed E-state index contributed by atoms with van der Waals surface area (Å²) in [6.45, 7) is 10.2. The Bertz CT molecular complexity index is 301. The Morgan fingerprint density at radius 3 is 1.43 bits per heavy atom. The van der Waals surface area contributed by atoms with Gasteiger partial charge in [-0.1, -0.05) is 13.8 Å². The first-order chi connectivity index (χ1) is 9.86. The van der Waals surface area contributed by atoms with E-state index < -0.39 is 10.4 Å². The van der Waals surface area contributed by atoms with Gasteiger partial charge in [0.25, 0.3) is 0 Å². The Kier molecular flexibility index (Phi) is 12.1. The number of ether oxygens (including phenoxy) is 2. The molecule has 0 bridgehead atoms. The smallest absolute Gasteiger partial charge is 0.376 e. The molecule has 2 unspecified atom stereocenters. The molecule has 0 amide bonds. The molecule has 0 saturated carbocycles. The summed E-state index contributed by atoms with van der Waals surface area (Å²) in [5.74, 6) is 0. The fourth-order valence-electron chi connectivity index (χ4n) is 1.76. The quantitative estimate of drug-likeness (QED) is 0.528. The summed E-state index contributed by atoms with van der Waals surface area (Å²) in [5, 5.41) is 6.52. The summed E-state index contributed by atoms with van der Waals surface area (Å²) in [5.41, 5.74) is 0. The van der Waals surface area contributed by atoms with Gasteiger partial charge in [0.05, 0.1) is 25.4 Å². The molecule has 0 spiro atoms. The molecular formula is C12H28N2O6S. The standard InChI is InChI=1S/2C6H13NO.H2O4S/c2*1-2-6-5-7-3-4-8-6;1-5(2,3)4/h2*6-7H,2-5H2,1H3;(H2,1,2,3,4). The summed E-state index contributed by atoms with van der Waals surface area (Å²) in [7, 11) is -4.67. The van der Waals surface area contributed by atoms with Crippen LogP contribution >= 0.6 is 0 Å². The first kappa shape index (κ1) is 20.7. The normalized spacial score (nSPS) is 25.9. The fraction of sp³-hybridized carbons (Fsp3) is 1.00. The highest BCUT2D eigenvalue weighted by Crippen LogP contribution is 1.99. The van der Waals surface area contributed by atoms with Crippen molar-refractivity contribution in [1.82, 2.24) is 10.6 Å². The van der Waals surface area contributed by atoms with Crippen molar-refractivity contribution in [1.29, 1.82) is 0 Å². The van der Waals surface area contributed by atoms with Gasteiger partial charge in [0.15, 0.2) is 0 Å². The van der Waals surface area contributed by atoms with Gasteiger partial charge in [-0.3, -0.25) is 9.11 Å². The highest BCUT2D eigenvalue weighted by molar-refractivity contribution is 7.79. The Balaban J connectivity index is 0.000000296. The lowest BCUT2D eigenvalue weighted by atomic mass is 10.2. The van der Waals surface area contributed by atoms with E-state index in [-0.39, 0.29) is 0 Å². The average molecular weight is 328 g/mol. The SMILES string of the molecule is CCC1CNCCO1.CCC1CNCCO1.O=S(=O)(O)O. The zero-order valence-electron chi connectivity index (χ0n) is 12.7. The van der Waals surface area contributed by atoms with Crippen LogP contribution in [0.3, 0.4) is 0 Å². The number of rotatable bonds is 2. The first-order valence-electron chi connectivity index (χ1n) is 7.21. The maximum Gasteiger partial charge on any atom is 0.394 e. The van der Waals surface area contributed by atoms with Crippen molar-refractivity contribution in [2.45, 2.75) is 38.9 Å². The van der Waals surface area contributed by atoms with Gasteiger partial charge < -0.3 is 20.1 Å². The van der Waals surface area contributed by atoms with Crippen LogP contribution in [0, 0.1) is 0 Å². The van der Waals surface area contributed by atoms with Crippen molar-refractivity contribution in [2.24, 2.45) is 0 Å². The summed E-state index contributed by atoms with van der Waals surface area (Å²) < 4.78 is 42.3. The van der Waals surface area contributed by atoms with Gasteiger partial charge in [-0.05, 0) is 12.8 Å². The maximum atomic E-state index is 8.74. The molecule has 0 aromatic rings. The zero-order chi connectivity index (χ0) is 16.1. The van der Waals surface area contributed by atoms with Crippen molar-refractivity contribution >= 4 is 10.4 Å². The minimum atomic E-state index is -4.67. The summed E-state index contributed by atoms with van der Waals surface area (Å²) in [6.07, 6.45) is 3.22. The van der Waals surface area contributed by atoms with Gasteiger partial charge in [-0.15, -0.1) is 0 Å². The third kappa shape index (κ3) is 15.9. The molecule has 2 aliphatic heterocycles. The van der Waals surface area contributed by atoms with E-state index in [2.05, 4.69) is 24.5 Å². The molecule has 2 aliphatic rings. The van der Waals surface area contributed by atoms with E-state index in [4.69, 9.17) is 27.0 Å². The van der Waals surface area contributed by atoms with Crippen molar-refractivity contribution in [3.63, 3.8) is 0 Å². The van der Waals surface area contributed by atoms with E-state index in [9.17, 15) is 0 Å². The van der Waals surface area contributed by atoms with Crippen LogP contribution in [-0.4, -0.2) is 69.1 Å². The molecule has 4 N–H and O–H groups in total. The van der Waals surface area contributed by atoms with Crippen LogP contribution in [0.4, 0.5) is 0 Å². The molecule has 8 nitrogen and oxygen atoms in total. The molecule has 0 aliphatic carbocycles. The molecule has 2 fully saturated rings. The largest absolute Gasteiger partial charge is 0.394 e. The van der Waals surface area contributed by atoms with Crippen LogP contribution in [0.5, 0.6) is 0 Å². The number of hydrogen-bond acceptors (Lipinski definition) is 6. The average Bonchev–Trinajstić information content (AvgIpc) is 2.48. The molecule has 2 atom stereocenters. The van der Waals surface area contributed by atoms with Gasteiger partial charge in [-0.25, -0.2) is 0 Å². The molecule has 2 saturated heterocycles. The second-order valence-corrected chi connectivity index (χ2v) is 5.55. The van der Waals surface area contributed by atoms with E-state index in [0.717, 1.165) is 52.2 Å². The van der Waals surface area contributed by atoms with Gasteiger partial charge >= 0.3 is 10.4 Å². The molecule has 128 valence electrons. The topological polar surface area (TPSA) is 117 Å². The minimum absolute atomic E-state index is 0.476. The van der Waals surface area contributed by atoms with Crippen LogP contribution in [0.1, 0.15) is 26.7 Å². The second-order valence-electron chi connectivity index (χ2n) is 4.66. The van der Waals surface area contributed by atoms with Crippen LogP contribution in [-0.2, 0) is 19.9 Å². The van der Waals surface area contributed by atoms with E-state index >= 15 is 0 Å². The molecule has 2 rings (SSSR count). The third-order valence-corrected chi connectivity index (χ3v) is 2.92. The minimum Gasteiger partial charge on any atom is -0.376 e. The highest BCUT2D eigenvalue weighted by atomic mass is 32.3. The molecule has 0 radical (unpaired) electrons. The van der Waals surface area contributed by atoms with Crippen molar-refractivity contribution < 1.29 is 27.0 Å². The lowest BCUT2D eigenvalue weighted by molar-refractivity contribution is 0.0266. The number of nitrogens with one attached hydrogen (secondary N) is 2. The van der Waals surface area contributed by atoms with Crippen molar-refractivity contribution in [3.8, 4) is 0 Å². The van der Waals surface area contributed by atoms with Crippen LogP contribution < -0.4 is 10.6 Å². The zero-order valence-corrected chi connectivity index (χ0v) is 13.6. The Hall–Kier alpha value is -0.290. The van der Waals surface area contributed by atoms with E-state index in [1.54, 1.807) is 0 Å². The monoisotopic (exact) mass is 328 g/mol. The Morgan fingerprint density at radius 2 is 1.29 bits per heavy atom. The van der Waals surface area contributed by atoms with Crippen LogP contribution in [0.2, 0.25) is 0 Å². The number of morpholine rings is 2. The molecule has 9 heteroatoms. The second kappa shape index (κ2) is 12.3. The molecule has 21 heavy (non-hydrogen) atoms. The Labute approximate surface area is 127 Å². The van der Waals surface area contributed by atoms with Crippen molar-refractivity contribution in [3.05, 3.63) is 0 Å². The molecular weight excluding hydrogens is 300 g/mol. The summed E-state index contributed by atoms with van der Waals surface area (Å²) in [6, 6.07) is 0.